The standard InChI is InChI=1S/C23H26N2O8/c1-3-5-6-10-25-20(27)18-15(23(32)33)11-14(19(26)24-9-4-2)16-12(21(28)29)7-8-13(17(16)18)22(30)31/h7-8,11H,3-6,9-10H2,1-2H3,(H,24,26)(H,25,27)(H,28,29)(H,30,31)(H,32,33). The molecule has 5 N–H and O–H groups in total. The van der Waals surface area contributed by atoms with Crippen molar-refractivity contribution in [1.29, 1.82) is 0 Å². The van der Waals surface area contributed by atoms with Crippen molar-refractivity contribution in [3.8, 4) is 0 Å². The normalized spacial score (nSPS) is 10.6. The van der Waals surface area contributed by atoms with Gasteiger partial charge in [-0.25, -0.2) is 14.4 Å². The molecular weight excluding hydrogens is 432 g/mol. The van der Waals surface area contributed by atoms with Gasteiger partial charge in [-0.1, -0.05) is 26.7 Å². The minimum absolute atomic E-state index is 0.215. The van der Waals surface area contributed by atoms with Crippen LogP contribution in [0.25, 0.3) is 10.8 Å². The van der Waals surface area contributed by atoms with E-state index >= 15 is 0 Å². The van der Waals surface area contributed by atoms with Gasteiger partial charge in [-0.3, -0.25) is 9.59 Å². The van der Waals surface area contributed by atoms with Crippen molar-refractivity contribution in [2.24, 2.45) is 0 Å². The van der Waals surface area contributed by atoms with E-state index in [4.69, 9.17) is 0 Å². The number of unbranched alkanes of at least 4 members (excludes halogenated alkanes) is 2. The Bertz CT molecular complexity index is 1120. The van der Waals surface area contributed by atoms with Crippen LogP contribution in [0.2, 0.25) is 0 Å². The Morgan fingerprint density at radius 3 is 1.73 bits per heavy atom. The van der Waals surface area contributed by atoms with Crippen LogP contribution in [-0.4, -0.2) is 58.1 Å². The lowest BCUT2D eigenvalue weighted by Crippen LogP contribution is -2.29. The van der Waals surface area contributed by atoms with Crippen LogP contribution in [0.15, 0.2) is 18.2 Å². The van der Waals surface area contributed by atoms with Gasteiger partial charge in [0, 0.05) is 29.4 Å². The quantitative estimate of drug-likeness (QED) is 0.320. The molecule has 0 aliphatic rings. The van der Waals surface area contributed by atoms with Crippen molar-refractivity contribution < 1.29 is 39.3 Å². The average Bonchev–Trinajstić information content (AvgIpc) is 2.77. The van der Waals surface area contributed by atoms with Gasteiger partial charge >= 0.3 is 17.9 Å². The number of carboxylic acid groups (broad SMARTS) is 3. The third-order valence-electron chi connectivity index (χ3n) is 5.05. The Morgan fingerprint density at radius 2 is 1.21 bits per heavy atom. The molecule has 0 saturated heterocycles. The second-order valence-electron chi connectivity index (χ2n) is 7.39. The van der Waals surface area contributed by atoms with Gasteiger partial charge in [0.25, 0.3) is 11.8 Å². The van der Waals surface area contributed by atoms with E-state index in [9.17, 15) is 39.3 Å². The number of fused-ring (bicyclic) bond motifs is 1. The summed E-state index contributed by atoms with van der Waals surface area (Å²) in [6.45, 7) is 4.20. The Labute approximate surface area is 189 Å². The fourth-order valence-corrected chi connectivity index (χ4v) is 3.50. The number of carbonyl (C=O) groups excluding carboxylic acids is 2. The molecule has 0 atom stereocenters. The first-order valence-electron chi connectivity index (χ1n) is 10.6. The highest BCUT2D eigenvalue weighted by atomic mass is 16.4. The Morgan fingerprint density at radius 1 is 0.667 bits per heavy atom. The zero-order valence-electron chi connectivity index (χ0n) is 18.4. The number of carbonyl (C=O) groups is 5. The van der Waals surface area contributed by atoms with E-state index in [0.717, 1.165) is 31.0 Å². The summed E-state index contributed by atoms with van der Waals surface area (Å²) >= 11 is 0. The second kappa shape index (κ2) is 11.1. The molecule has 2 rings (SSSR count). The van der Waals surface area contributed by atoms with E-state index in [1.54, 1.807) is 6.92 Å². The fraction of sp³-hybridized carbons (Fsp3) is 0.348. The molecule has 0 fully saturated rings. The molecule has 0 aliphatic heterocycles. The van der Waals surface area contributed by atoms with Crippen LogP contribution in [0.5, 0.6) is 0 Å². The fourth-order valence-electron chi connectivity index (χ4n) is 3.50. The van der Waals surface area contributed by atoms with Gasteiger partial charge in [-0.2, -0.15) is 0 Å². The summed E-state index contributed by atoms with van der Waals surface area (Å²) in [7, 11) is 0. The number of aromatic carboxylic acids is 3. The number of carboxylic acids is 3. The summed E-state index contributed by atoms with van der Waals surface area (Å²) in [6.07, 6.45) is 2.87. The zero-order chi connectivity index (χ0) is 24.7. The summed E-state index contributed by atoms with van der Waals surface area (Å²) in [6, 6.07) is 2.93. The van der Waals surface area contributed by atoms with E-state index in [1.165, 1.54) is 0 Å². The first kappa shape index (κ1) is 25.3. The number of hydrogen-bond donors (Lipinski definition) is 5. The highest BCUT2D eigenvalue weighted by molar-refractivity contribution is 6.26. The molecule has 0 bridgehead atoms. The molecule has 0 saturated carbocycles. The molecule has 10 nitrogen and oxygen atoms in total. The van der Waals surface area contributed by atoms with E-state index in [-0.39, 0.29) is 24.0 Å². The third-order valence-corrected chi connectivity index (χ3v) is 5.05. The van der Waals surface area contributed by atoms with Gasteiger partial charge in [-0.05, 0) is 31.0 Å². The van der Waals surface area contributed by atoms with Crippen LogP contribution in [0, 0.1) is 0 Å². The predicted octanol–water partition coefficient (Wildman–Crippen LogP) is 2.99. The highest BCUT2D eigenvalue weighted by Gasteiger charge is 2.30. The SMILES string of the molecule is CCCCCNC(=O)c1c(C(=O)O)cc(C(=O)NCCC)c2c(C(=O)O)ccc(C(=O)O)c12. The van der Waals surface area contributed by atoms with Crippen LogP contribution >= 0.6 is 0 Å². The van der Waals surface area contributed by atoms with Crippen LogP contribution in [-0.2, 0) is 0 Å². The lowest BCUT2D eigenvalue weighted by Gasteiger charge is -2.18. The van der Waals surface area contributed by atoms with Crippen molar-refractivity contribution >= 4 is 40.5 Å². The molecular formula is C23H26N2O8. The van der Waals surface area contributed by atoms with E-state index < -0.39 is 57.4 Å². The molecule has 0 unspecified atom stereocenters. The largest absolute Gasteiger partial charge is 0.478 e. The van der Waals surface area contributed by atoms with Crippen molar-refractivity contribution in [2.75, 3.05) is 13.1 Å². The predicted molar refractivity (Wildman–Crippen MR) is 119 cm³/mol. The zero-order valence-corrected chi connectivity index (χ0v) is 18.4. The smallest absolute Gasteiger partial charge is 0.336 e. The Kier molecular flexibility index (Phi) is 8.49. The molecule has 2 aromatic carbocycles. The first-order valence-corrected chi connectivity index (χ1v) is 10.6. The number of amides is 2. The van der Waals surface area contributed by atoms with E-state index in [0.29, 0.717) is 12.8 Å². The minimum Gasteiger partial charge on any atom is -0.478 e. The Hall–Kier alpha value is -3.95. The second-order valence-corrected chi connectivity index (χ2v) is 7.39. The minimum atomic E-state index is -1.56. The summed E-state index contributed by atoms with van der Waals surface area (Å²) in [5, 5.41) is 33.7. The van der Waals surface area contributed by atoms with Crippen LogP contribution in [0.1, 0.15) is 91.3 Å². The van der Waals surface area contributed by atoms with Crippen LogP contribution in [0.3, 0.4) is 0 Å². The number of benzene rings is 2. The lowest BCUT2D eigenvalue weighted by atomic mass is 9.87. The first-order chi connectivity index (χ1) is 15.6. The number of rotatable bonds is 11. The van der Waals surface area contributed by atoms with Gasteiger partial charge in [0.2, 0.25) is 0 Å². The van der Waals surface area contributed by atoms with Gasteiger partial charge in [0.15, 0.2) is 0 Å². The molecule has 0 aromatic heterocycles. The molecule has 33 heavy (non-hydrogen) atoms. The third kappa shape index (κ3) is 5.46. The van der Waals surface area contributed by atoms with E-state index in [2.05, 4.69) is 10.6 Å². The topological polar surface area (TPSA) is 170 Å². The average molecular weight is 458 g/mol. The van der Waals surface area contributed by atoms with Crippen LogP contribution < -0.4 is 10.6 Å². The molecule has 0 radical (unpaired) electrons. The summed E-state index contributed by atoms with van der Waals surface area (Å²) < 4.78 is 0. The number of nitrogens with one attached hydrogen (secondary N) is 2. The number of hydrogen-bond acceptors (Lipinski definition) is 5. The van der Waals surface area contributed by atoms with Crippen LogP contribution in [0.4, 0.5) is 0 Å². The van der Waals surface area contributed by atoms with Crippen molar-refractivity contribution in [3.63, 3.8) is 0 Å². The van der Waals surface area contributed by atoms with Gasteiger partial charge in [0.1, 0.15) is 0 Å². The van der Waals surface area contributed by atoms with Crippen molar-refractivity contribution in [3.05, 3.63) is 46.0 Å². The summed E-state index contributed by atoms with van der Waals surface area (Å²) in [5.74, 6) is -6.15. The summed E-state index contributed by atoms with van der Waals surface area (Å²) in [5.41, 5.74) is -2.34. The maximum atomic E-state index is 13.0. The molecule has 0 aliphatic carbocycles. The maximum Gasteiger partial charge on any atom is 0.336 e. The molecule has 10 heteroatoms. The lowest BCUT2D eigenvalue weighted by molar-refractivity contribution is 0.0681. The highest BCUT2D eigenvalue weighted by Crippen LogP contribution is 2.33. The molecule has 2 aromatic rings. The Balaban J connectivity index is 2.97. The molecule has 2 amide bonds. The molecule has 176 valence electrons. The van der Waals surface area contributed by atoms with Gasteiger partial charge in [-0.15, -0.1) is 0 Å². The molecule has 0 heterocycles. The van der Waals surface area contributed by atoms with Crippen molar-refractivity contribution in [1.82, 2.24) is 10.6 Å². The van der Waals surface area contributed by atoms with Crippen molar-refractivity contribution in [2.45, 2.75) is 39.5 Å². The summed E-state index contributed by atoms with van der Waals surface area (Å²) in [4.78, 5) is 61.8. The van der Waals surface area contributed by atoms with Gasteiger partial charge in [0.05, 0.1) is 22.3 Å². The maximum absolute atomic E-state index is 13.0. The molecule has 0 spiro atoms. The monoisotopic (exact) mass is 458 g/mol. The van der Waals surface area contributed by atoms with E-state index in [1.807, 2.05) is 6.92 Å². The van der Waals surface area contributed by atoms with Gasteiger partial charge < -0.3 is 26.0 Å².